The van der Waals surface area contributed by atoms with Gasteiger partial charge >= 0.3 is 12.6 Å². The molecule has 0 spiro atoms. The highest BCUT2D eigenvalue weighted by molar-refractivity contribution is 5.89. The topological polar surface area (TPSA) is 50.4 Å². The molecule has 0 radical (unpaired) electrons. The van der Waals surface area contributed by atoms with E-state index in [-0.39, 0.29) is 11.6 Å². The fourth-order valence-corrected chi connectivity index (χ4v) is 1.24. The van der Waals surface area contributed by atoms with Crippen LogP contribution in [0.4, 0.5) is 23.7 Å². The molecule has 0 aromatic heterocycles. The molecule has 19 heavy (non-hydrogen) atoms. The van der Waals surface area contributed by atoms with Crippen molar-refractivity contribution in [2.24, 2.45) is 5.92 Å². The van der Waals surface area contributed by atoms with Crippen LogP contribution in [0.25, 0.3) is 0 Å². The Hall–Kier alpha value is -1.92. The van der Waals surface area contributed by atoms with Gasteiger partial charge in [0.2, 0.25) is 0 Å². The lowest BCUT2D eigenvalue weighted by Gasteiger charge is -2.10. The Morgan fingerprint density at radius 1 is 1.37 bits per heavy atom. The van der Waals surface area contributed by atoms with Gasteiger partial charge in [-0.25, -0.2) is 9.18 Å². The molecule has 1 aromatic carbocycles. The Bertz CT molecular complexity index is 439. The van der Waals surface area contributed by atoms with E-state index in [4.69, 9.17) is 0 Å². The lowest BCUT2D eigenvalue weighted by atomic mass is 10.2. The van der Waals surface area contributed by atoms with Crippen molar-refractivity contribution in [2.45, 2.75) is 20.5 Å². The molecule has 2 amide bonds. The molecule has 7 heteroatoms. The van der Waals surface area contributed by atoms with Gasteiger partial charge in [-0.05, 0) is 18.1 Å². The molecule has 0 saturated carbocycles. The minimum absolute atomic E-state index is 0.153. The Morgan fingerprint density at radius 3 is 2.58 bits per heavy atom. The van der Waals surface area contributed by atoms with Crippen molar-refractivity contribution >= 4 is 11.7 Å². The molecule has 0 saturated heterocycles. The first kappa shape index (κ1) is 15.1. The third-order valence-corrected chi connectivity index (χ3v) is 2.08. The van der Waals surface area contributed by atoms with Crippen LogP contribution in [0.1, 0.15) is 13.8 Å². The van der Waals surface area contributed by atoms with E-state index in [2.05, 4.69) is 15.4 Å². The summed E-state index contributed by atoms with van der Waals surface area (Å²) in [7, 11) is 0. The van der Waals surface area contributed by atoms with Crippen LogP contribution < -0.4 is 15.4 Å². The molecule has 2 N–H and O–H groups in total. The fraction of sp³-hybridized carbons (Fsp3) is 0.417. The van der Waals surface area contributed by atoms with Gasteiger partial charge in [-0.2, -0.15) is 8.78 Å². The van der Waals surface area contributed by atoms with E-state index in [9.17, 15) is 18.0 Å². The number of carbonyl (C=O) groups excluding carboxylic acids is 1. The molecular formula is C12H15F3N2O2. The molecule has 1 rings (SSSR count). The summed E-state index contributed by atoms with van der Waals surface area (Å²) in [6.07, 6.45) is 0. The Morgan fingerprint density at radius 2 is 2.05 bits per heavy atom. The number of alkyl halides is 2. The van der Waals surface area contributed by atoms with Gasteiger partial charge in [-0.15, -0.1) is 0 Å². The van der Waals surface area contributed by atoms with Crippen LogP contribution in [0.3, 0.4) is 0 Å². The largest absolute Gasteiger partial charge is 0.432 e. The third kappa shape index (κ3) is 5.50. The average Bonchev–Trinajstić information content (AvgIpc) is 2.29. The first-order valence-electron chi connectivity index (χ1n) is 5.67. The molecule has 4 nitrogen and oxygen atoms in total. The van der Waals surface area contributed by atoms with Gasteiger partial charge in [0.25, 0.3) is 0 Å². The zero-order valence-electron chi connectivity index (χ0n) is 10.5. The van der Waals surface area contributed by atoms with Crippen LogP contribution in [0.5, 0.6) is 5.75 Å². The van der Waals surface area contributed by atoms with E-state index in [1.54, 1.807) is 0 Å². The smallest absolute Gasteiger partial charge is 0.387 e. The van der Waals surface area contributed by atoms with Crippen LogP contribution in [0, 0.1) is 11.7 Å². The fourth-order valence-electron chi connectivity index (χ4n) is 1.24. The van der Waals surface area contributed by atoms with Gasteiger partial charge in [0, 0.05) is 18.3 Å². The maximum absolute atomic E-state index is 13.3. The van der Waals surface area contributed by atoms with Crippen LogP contribution in [-0.4, -0.2) is 19.2 Å². The Balaban J connectivity index is 2.60. The van der Waals surface area contributed by atoms with E-state index in [0.29, 0.717) is 6.54 Å². The van der Waals surface area contributed by atoms with Gasteiger partial charge in [0.05, 0.1) is 0 Å². The highest BCUT2D eigenvalue weighted by Gasteiger charge is 2.11. The van der Waals surface area contributed by atoms with Crippen LogP contribution in [-0.2, 0) is 0 Å². The van der Waals surface area contributed by atoms with Crippen molar-refractivity contribution in [3.8, 4) is 5.75 Å². The predicted octanol–water partition coefficient (Wildman–Crippen LogP) is 3.20. The number of ether oxygens (including phenoxy) is 1. The van der Waals surface area contributed by atoms with Crippen molar-refractivity contribution in [3.63, 3.8) is 0 Å². The number of halogens is 3. The molecule has 0 bridgehead atoms. The molecule has 0 unspecified atom stereocenters. The summed E-state index contributed by atoms with van der Waals surface area (Å²) in [5.41, 5.74) is 0.153. The van der Waals surface area contributed by atoms with E-state index < -0.39 is 24.2 Å². The normalized spacial score (nSPS) is 10.7. The van der Waals surface area contributed by atoms with Gasteiger partial charge in [0.1, 0.15) is 0 Å². The number of nitrogens with one attached hydrogen (secondary N) is 2. The standard InChI is InChI=1S/C12H15F3N2O2/c1-7(2)6-16-12(18)17-8-3-4-10(9(13)5-8)19-11(14)15/h3-5,7,11H,6H2,1-2H3,(H2,16,17,18). The molecule has 0 aliphatic heterocycles. The zero-order valence-corrected chi connectivity index (χ0v) is 10.5. The summed E-state index contributed by atoms with van der Waals surface area (Å²) in [6, 6.07) is 2.72. The monoisotopic (exact) mass is 276 g/mol. The number of rotatable bonds is 5. The van der Waals surface area contributed by atoms with Gasteiger partial charge < -0.3 is 15.4 Å². The molecular weight excluding hydrogens is 261 g/mol. The predicted molar refractivity (Wildman–Crippen MR) is 64.9 cm³/mol. The quantitative estimate of drug-likeness (QED) is 0.867. The second kappa shape index (κ2) is 6.86. The first-order chi connectivity index (χ1) is 8.88. The van der Waals surface area contributed by atoms with E-state index >= 15 is 0 Å². The van der Waals surface area contributed by atoms with Gasteiger partial charge in [-0.3, -0.25) is 0 Å². The minimum Gasteiger partial charge on any atom is -0.432 e. The summed E-state index contributed by atoms with van der Waals surface area (Å²) < 4.78 is 41.1. The molecule has 0 fully saturated rings. The SMILES string of the molecule is CC(C)CNC(=O)Nc1ccc(OC(F)F)c(F)c1. The lowest BCUT2D eigenvalue weighted by Crippen LogP contribution is -2.31. The highest BCUT2D eigenvalue weighted by Crippen LogP contribution is 2.22. The van der Waals surface area contributed by atoms with Gasteiger partial charge in [0.15, 0.2) is 11.6 Å². The number of hydrogen-bond donors (Lipinski definition) is 2. The second-order valence-corrected chi connectivity index (χ2v) is 4.25. The first-order valence-corrected chi connectivity index (χ1v) is 5.67. The number of hydrogen-bond acceptors (Lipinski definition) is 2. The summed E-state index contributed by atoms with van der Waals surface area (Å²) >= 11 is 0. The van der Waals surface area contributed by atoms with Crippen molar-refractivity contribution in [3.05, 3.63) is 24.0 Å². The van der Waals surface area contributed by atoms with Crippen LogP contribution >= 0.6 is 0 Å². The number of anilines is 1. The summed E-state index contributed by atoms with van der Waals surface area (Å²) in [6.45, 7) is 1.23. The molecule has 0 atom stereocenters. The number of carbonyl (C=O) groups is 1. The van der Waals surface area contributed by atoms with Gasteiger partial charge in [-0.1, -0.05) is 13.8 Å². The average molecular weight is 276 g/mol. The maximum Gasteiger partial charge on any atom is 0.387 e. The zero-order chi connectivity index (χ0) is 14.4. The molecule has 0 aliphatic rings. The van der Waals surface area contributed by atoms with Crippen molar-refractivity contribution in [1.82, 2.24) is 5.32 Å². The van der Waals surface area contributed by atoms with E-state index in [1.165, 1.54) is 6.07 Å². The van der Waals surface area contributed by atoms with Crippen molar-refractivity contribution in [2.75, 3.05) is 11.9 Å². The van der Waals surface area contributed by atoms with E-state index in [1.807, 2.05) is 13.8 Å². The lowest BCUT2D eigenvalue weighted by molar-refractivity contribution is -0.0521. The molecule has 0 aliphatic carbocycles. The number of amides is 2. The number of benzene rings is 1. The molecule has 106 valence electrons. The molecule has 0 heterocycles. The number of urea groups is 1. The highest BCUT2D eigenvalue weighted by atomic mass is 19.3. The van der Waals surface area contributed by atoms with Crippen molar-refractivity contribution < 1.29 is 22.7 Å². The summed E-state index contributed by atoms with van der Waals surface area (Å²) in [5, 5.41) is 4.96. The summed E-state index contributed by atoms with van der Waals surface area (Å²) in [5.74, 6) is -1.26. The van der Waals surface area contributed by atoms with Crippen LogP contribution in [0.2, 0.25) is 0 Å². The minimum atomic E-state index is -3.09. The van der Waals surface area contributed by atoms with Crippen LogP contribution in [0.15, 0.2) is 18.2 Å². The summed E-state index contributed by atoms with van der Waals surface area (Å²) in [4.78, 5) is 11.4. The third-order valence-electron chi connectivity index (χ3n) is 2.08. The maximum atomic E-state index is 13.3. The van der Waals surface area contributed by atoms with E-state index in [0.717, 1.165) is 12.1 Å². The van der Waals surface area contributed by atoms with Crippen molar-refractivity contribution in [1.29, 1.82) is 0 Å². The Kier molecular flexibility index (Phi) is 5.47. The molecule has 1 aromatic rings. The Labute approximate surface area is 108 Å². The second-order valence-electron chi connectivity index (χ2n) is 4.25.